The van der Waals surface area contributed by atoms with E-state index in [9.17, 15) is 0 Å². The molecule has 1 heterocycles. The summed E-state index contributed by atoms with van der Waals surface area (Å²) in [4.78, 5) is 4.06. The number of nitrogens with zero attached hydrogens (tertiary/aromatic N) is 1. The second-order valence-corrected chi connectivity index (χ2v) is 4.85. The van der Waals surface area contributed by atoms with Gasteiger partial charge in [0.1, 0.15) is 11.2 Å². The van der Waals surface area contributed by atoms with Crippen molar-refractivity contribution in [3.63, 3.8) is 0 Å². The zero-order chi connectivity index (χ0) is 11.3. The number of hydrogen-bond acceptors (Lipinski definition) is 3. The molecule has 15 heavy (non-hydrogen) atoms. The summed E-state index contributed by atoms with van der Waals surface area (Å²) in [6.07, 6.45) is 1.71. The lowest BCUT2D eigenvalue weighted by Crippen LogP contribution is -2.22. The van der Waals surface area contributed by atoms with E-state index in [-0.39, 0.29) is 5.60 Å². The highest BCUT2D eigenvalue weighted by Crippen LogP contribution is 2.20. The molecule has 0 aliphatic carbocycles. The molecule has 84 valence electrons. The third kappa shape index (κ3) is 5.14. The topological polar surface area (TPSA) is 31.4 Å². The minimum Gasteiger partial charge on any atom is -0.488 e. The Kier molecular flexibility index (Phi) is 4.54. The van der Waals surface area contributed by atoms with E-state index in [0.717, 1.165) is 10.4 Å². The van der Waals surface area contributed by atoms with Crippen LogP contribution in [-0.2, 0) is 4.74 Å². The molecule has 1 rings (SSSR count). The molecule has 0 atom stereocenters. The number of pyridine rings is 1. The summed E-state index contributed by atoms with van der Waals surface area (Å²) < 4.78 is 11.8. The molecule has 0 saturated heterocycles. The molecular weight excluding hydrogens is 258 g/mol. The number of hydrogen-bond donors (Lipinski definition) is 0. The van der Waals surface area contributed by atoms with E-state index in [0.29, 0.717) is 13.2 Å². The first-order chi connectivity index (χ1) is 6.99. The van der Waals surface area contributed by atoms with Crippen molar-refractivity contribution in [3.8, 4) is 5.75 Å². The average Bonchev–Trinajstić information content (AvgIpc) is 2.13. The Morgan fingerprint density at radius 2 is 2.07 bits per heavy atom. The fourth-order valence-corrected chi connectivity index (χ4v) is 1.34. The van der Waals surface area contributed by atoms with Crippen LogP contribution < -0.4 is 4.74 Å². The molecular formula is C11H16BrNO2. The lowest BCUT2D eigenvalue weighted by molar-refractivity contribution is -0.0164. The van der Waals surface area contributed by atoms with Crippen LogP contribution in [0, 0.1) is 0 Å². The van der Waals surface area contributed by atoms with E-state index in [4.69, 9.17) is 9.47 Å². The van der Waals surface area contributed by atoms with Crippen molar-refractivity contribution >= 4 is 15.9 Å². The Bertz CT molecular complexity index is 310. The maximum Gasteiger partial charge on any atom is 0.152 e. The predicted octanol–water partition coefficient (Wildman–Crippen LogP) is 3.04. The Hall–Kier alpha value is -0.610. The summed E-state index contributed by atoms with van der Waals surface area (Å²) >= 11 is 3.31. The molecule has 0 amide bonds. The average molecular weight is 274 g/mol. The highest BCUT2D eigenvalue weighted by molar-refractivity contribution is 9.10. The molecule has 0 saturated carbocycles. The monoisotopic (exact) mass is 273 g/mol. The number of ether oxygens (including phenoxy) is 2. The molecule has 0 N–H and O–H groups in total. The molecule has 0 bridgehead atoms. The maximum atomic E-state index is 5.53. The maximum absolute atomic E-state index is 5.53. The zero-order valence-electron chi connectivity index (χ0n) is 9.29. The molecule has 1 aromatic rings. The third-order valence-corrected chi connectivity index (χ3v) is 2.20. The van der Waals surface area contributed by atoms with E-state index in [1.54, 1.807) is 6.20 Å². The van der Waals surface area contributed by atoms with Gasteiger partial charge in [0.05, 0.1) is 12.2 Å². The van der Waals surface area contributed by atoms with Gasteiger partial charge in [0, 0.05) is 6.20 Å². The molecule has 3 nitrogen and oxygen atoms in total. The van der Waals surface area contributed by atoms with Gasteiger partial charge in [-0.15, -0.1) is 0 Å². The lowest BCUT2D eigenvalue weighted by atomic mass is 10.2. The summed E-state index contributed by atoms with van der Waals surface area (Å²) in [5, 5.41) is 0. The van der Waals surface area contributed by atoms with Crippen molar-refractivity contribution in [2.75, 3.05) is 13.2 Å². The lowest BCUT2D eigenvalue weighted by Gasteiger charge is -2.19. The normalized spacial score (nSPS) is 11.5. The standard InChI is InChI=1S/C11H16BrNO2/c1-11(2,3)15-8-7-14-9-5-4-6-13-10(9)12/h4-6H,7-8H2,1-3H3. The summed E-state index contributed by atoms with van der Waals surface area (Å²) in [5.41, 5.74) is -0.116. The molecule has 1 aromatic heterocycles. The predicted molar refractivity (Wildman–Crippen MR) is 63.1 cm³/mol. The highest BCUT2D eigenvalue weighted by Gasteiger charge is 2.09. The highest BCUT2D eigenvalue weighted by atomic mass is 79.9. The summed E-state index contributed by atoms with van der Waals surface area (Å²) in [7, 11) is 0. The van der Waals surface area contributed by atoms with Crippen molar-refractivity contribution in [3.05, 3.63) is 22.9 Å². The van der Waals surface area contributed by atoms with Crippen molar-refractivity contribution in [2.45, 2.75) is 26.4 Å². The summed E-state index contributed by atoms with van der Waals surface area (Å²) in [6.45, 7) is 7.17. The van der Waals surface area contributed by atoms with Crippen LogP contribution in [0.5, 0.6) is 5.75 Å². The quantitative estimate of drug-likeness (QED) is 0.624. The third-order valence-electron chi connectivity index (χ3n) is 1.60. The molecule has 0 aromatic carbocycles. The first-order valence-electron chi connectivity index (χ1n) is 4.86. The zero-order valence-corrected chi connectivity index (χ0v) is 10.9. The van der Waals surface area contributed by atoms with E-state index < -0.39 is 0 Å². The summed E-state index contributed by atoms with van der Waals surface area (Å²) in [5.74, 6) is 0.745. The fraction of sp³-hybridized carbons (Fsp3) is 0.545. The van der Waals surface area contributed by atoms with Crippen LogP contribution in [0.15, 0.2) is 22.9 Å². The number of aromatic nitrogens is 1. The Morgan fingerprint density at radius 3 is 2.67 bits per heavy atom. The van der Waals surface area contributed by atoms with Gasteiger partial charge in [0.25, 0.3) is 0 Å². The minimum absolute atomic E-state index is 0.116. The molecule has 0 radical (unpaired) electrons. The van der Waals surface area contributed by atoms with Crippen LogP contribution in [0.4, 0.5) is 0 Å². The van der Waals surface area contributed by atoms with Crippen LogP contribution in [0.1, 0.15) is 20.8 Å². The van der Waals surface area contributed by atoms with Crippen molar-refractivity contribution < 1.29 is 9.47 Å². The Morgan fingerprint density at radius 1 is 1.33 bits per heavy atom. The second-order valence-electron chi connectivity index (χ2n) is 4.10. The van der Waals surface area contributed by atoms with Crippen LogP contribution in [0.2, 0.25) is 0 Å². The van der Waals surface area contributed by atoms with Crippen LogP contribution >= 0.6 is 15.9 Å². The van der Waals surface area contributed by atoms with Gasteiger partial charge in [0.15, 0.2) is 5.75 Å². The van der Waals surface area contributed by atoms with Gasteiger partial charge in [0.2, 0.25) is 0 Å². The molecule has 0 aliphatic rings. The van der Waals surface area contributed by atoms with Crippen LogP contribution in [0.25, 0.3) is 0 Å². The van der Waals surface area contributed by atoms with Crippen molar-refractivity contribution in [1.82, 2.24) is 4.98 Å². The van der Waals surface area contributed by atoms with Crippen LogP contribution in [0.3, 0.4) is 0 Å². The number of rotatable bonds is 4. The molecule has 0 spiro atoms. The van der Waals surface area contributed by atoms with Gasteiger partial charge in [-0.25, -0.2) is 4.98 Å². The summed E-state index contributed by atoms with van der Waals surface area (Å²) in [6, 6.07) is 3.71. The van der Waals surface area contributed by atoms with Crippen LogP contribution in [-0.4, -0.2) is 23.8 Å². The Balaban J connectivity index is 2.30. The molecule has 0 fully saturated rings. The largest absolute Gasteiger partial charge is 0.488 e. The molecule has 0 unspecified atom stereocenters. The van der Waals surface area contributed by atoms with Gasteiger partial charge in [-0.2, -0.15) is 0 Å². The number of halogens is 1. The molecule has 0 aliphatic heterocycles. The van der Waals surface area contributed by atoms with Gasteiger partial charge in [-0.3, -0.25) is 0 Å². The van der Waals surface area contributed by atoms with Crippen molar-refractivity contribution in [2.24, 2.45) is 0 Å². The fourth-order valence-electron chi connectivity index (χ4n) is 0.978. The van der Waals surface area contributed by atoms with Gasteiger partial charge < -0.3 is 9.47 Å². The van der Waals surface area contributed by atoms with Gasteiger partial charge in [-0.05, 0) is 48.8 Å². The van der Waals surface area contributed by atoms with Crippen molar-refractivity contribution in [1.29, 1.82) is 0 Å². The van der Waals surface area contributed by atoms with E-state index in [1.807, 2.05) is 32.9 Å². The second kappa shape index (κ2) is 5.47. The first kappa shape index (κ1) is 12.5. The van der Waals surface area contributed by atoms with E-state index in [1.165, 1.54) is 0 Å². The first-order valence-corrected chi connectivity index (χ1v) is 5.65. The minimum atomic E-state index is -0.116. The smallest absolute Gasteiger partial charge is 0.152 e. The Labute approximate surface area is 98.9 Å². The molecule has 4 heteroatoms. The SMILES string of the molecule is CC(C)(C)OCCOc1cccnc1Br. The van der Waals surface area contributed by atoms with Gasteiger partial charge in [-0.1, -0.05) is 0 Å². The van der Waals surface area contributed by atoms with Gasteiger partial charge >= 0.3 is 0 Å². The van der Waals surface area contributed by atoms with E-state index >= 15 is 0 Å². The van der Waals surface area contributed by atoms with E-state index in [2.05, 4.69) is 20.9 Å².